The number of hydrogen-bond acceptors (Lipinski definition) is 3. The average Bonchev–Trinajstić information content (AvgIpc) is 2.48. The van der Waals surface area contributed by atoms with Gasteiger partial charge in [-0.15, -0.1) is 12.4 Å². The Kier molecular flexibility index (Phi) is 7.54. The maximum atomic E-state index is 12.4. The first-order valence-electron chi connectivity index (χ1n) is 7.36. The van der Waals surface area contributed by atoms with E-state index in [4.69, 9.17) is 4.74 Å². The predicted molar refractivity (Wildman–Crippen MR) is 87.0 cm³/mol. The Morgan fingerprint density at radius 2 is 1.95 bits per heavy atom. The standard InChI is InChI=1S/C16H24N2O2.ClH/c1-13(20-15-6-4-3-5-7-15)16(19)18-10-8-14(9-11-18)12-17-2;/h3-7,13-14,17H,8-12H2,1-2H3;1H. The Hall–Kier alpha value is -1.26. The lowest BCUT2D eigenvalue weighted by molar-refractivity contribution is -0.139. The van der Waals surface area contributed by atoms with E-state index in [1.54, 1.807) is 0 Å². The van der Waals surface area contributed by atoms with Gasteiger partial charge in [-0.2, -0.15) is 0 Å². The highest BCUT2D eigenvalue weighted by Gasteiger charge is 2.26. The fourth-order valence-corrected chi connectivity index (χ4v) is 2.66. The van der Waals surface area contributed by atoms with Gasteiger partial charge in [-0.1, -0.05) is 18.2 Å². The number of amides is 1. The highest BCUT2D eigenvalue weighted by atomic mass is 35.5. The van der Waals surface area contributed by atoms with Gasteiger partial charge in [0.1, 0.15) is 5.75 Å². The van der Waals surface area contributed by atoms with E-state index in [-0.39, 0.29) is 18.3 Å². The van der Waals surface area contributed by atoms with Crippen molar-refractivity contribution in [3.8, 4) is 5.75 Å². The second-order valence-electron chi connectivity index (χ2n) is 5.40. The lowest BCUT2D eigenvalue weighted by Crippen LogP contribution is -2.45. The third-order valence-corrected chi connectivity index (χ3v) is 3.82. The van der Waals surface area contributed by atoms with E-state index in [0.717, 1.165) is 38.2 Å². The summed E-state index contributed by atoms with van der Waals surface area (Å²) in [4.78, 5) is 14.3. The Bertz CT molecular complexity index is 420. The summed E-state index contributed by atoms with van der Waals surface area (Å²) in [6, 6.07) is 9.52. The fourth-order valence-electron chi connectivity index (χ4n) is 2.66. The van der Waals surface area contributed by atoms with Gasteiger partial charge in [-0.05, 0) is 51.4 Å². The molecule has 1 aromatic rings. The molecule has 0 aliphatic carbocycles. The maximum absolute atomic E-state index is 12.4. The van der Waals surface area contributed by atoms with Crippen LogP contribution in [0.25, 0.3) is 0 Å². The van der Waals surface area contributed by atoms with Gasteiger partial charge in [0.15, 0.2) is 6.10 Å². The molecule has 0 spiro atoms. The van der Waals surface area contributed by atoms with E-state index in [1.165, 1.54) is 0 Å². The minimum atomic E-state index is -0.418. The zero-order valence-electron chi connectivity index (χ0n) is 12.7. The van der Waals surface area contributed by atoms with Gasteiger partial charge < -0.3 is 15.0 Å². The van der Waals surface area contributed by atoms with Crippen LogP contribution in [0.5, 0.6) is 5.75 Å². The number of nitrogens with one attached hydrogen (secondary N) is 1. The Labute approximate surface area is 133 Å². The molecule has 0 radical (unpaired) electrons. The van der Waals surface area contributed by atoms with Crippen molar-refractivity contribution in [2.24, 2.45) is 5.92 Å². The van der Waals surface area contributed by atoms with Crippen LogP contribution in [0.2, 0.25) is 0 Å². The van der Waals surface area contributed by atoms with Gasteiger partial charge in [0.25, 0.3) is 5.91 Å². The number of piperidine rings is 1. The van der Waals surface area contributed by atoms with Gasteiger partial charge >= 0.3 is 0 Å². The summed E-state index contributed by atoms with van der Waals surface area (Å²) in [7, 11) is 1.98. The van der Waals surface area contributed by atoms with E-state index in [1.807, 2.05) is 49.2 Å². The number of carbonyl (C=O) groups is 1. The number of ether oxygens (including phenoxy) is 1. The summed E-state index contributed by atoms with van der Waals surface area (Å²) in [6.45, 7) is 4.55. The number of rotatable bonds is 5. The van der Waals surface area contributed by atoms with Crippen LogP contribution >= 0.6 is 12.4 Å². The van der Waals surface area contributed by atoms with E-state index in [0.29, 0.717) is 5.92 Å². The van der Waals surface area contributed by atoms with Crippen LogP contribution in [0, 0.1) is 5.92 Å². The van der Waals surface area contributed by atoms with E-state index >= 15 is 0 Å². The molecule has 1 N–H and O–H groups in total. The summed E-state index contributed by atoms with van der Waals surface area (Å²) >= 11 is 0. The largest absolute Gasteiger partial charge is 0.481 e. The molecule has 1 unspecified atom stereocenters. The Balaban J connectivity index is 0.00000220. The molecule has 4 nitrogen and oxygen atoms in total. The number of nitrogens with zero attached hydrogens (tertiary/aromatic N) is 1. The zero-order chi connectivity index (χ0) is 14.4. The molecule has 21 heavy (non-hydrogen) atoms. The van der Waals surface area contributed by atoms with Gasteiger partial charge in [-0.3, -0.25) is 4.79 Å². The van der Waals surface area contributed by atoms with Crippen molar-refractivity contribution in [3.63, 3.8) is 0 Å². The van der Waals surface area contributed by atoms with Crippen molar-refractivity contribution >= 4 is 18.3 Å². The number of para-hydroxylation sites is 1. The molecule has 1 heterocycles. The lowest BCUT2D eigenvalue weighted by atomic mass is 9.96. The smallest absolute Gasteiger partial charge is 0.263 e. The third-order valence-electron chi connectivity index (χ3n) is 3.82. The molecule has 1 aliphatic heterocycles. The maximum Gasteiger partial charge on any atom is 0.263 e. The summed E-state index contributed by atoms with van der Waals surface area (Å²) in [5, 5.41) is 3.21. The SMILES string of the molecule is CNCC1CCN(C(=O)C(C)Oc2ccccc2)CC1.Cl. The van der Waals surface area contributed by atoms with Crippen molar-refractivity contribution in [1.29, 1.82) is 0 Å². The molecule has 0 aromatic heterocycles. The van der Waals surface area contributed by atoms with Crippen LogP contribution in [0.15, 0.2) is 30.3 Å². The highest BCUT2D eigenvalue weighted by molar-refractivity contribution is 5.85. The molecule has 1 atom stereocenters. The first kappa shape index (κ1) is 17.8. The number of likely N-dealkylation sites (tertiary alicyclic amines) is 1. The van der Waals surface area contributed by atoms with E-state index < -0.39 is 6.10 Å². The molecular formula is C16H25ClN2O2. The van der Waals surface area contributed by atoms with Crippen LogP contribution in [-0.2, 0) is 4.79 Å². The number of carbonyl (C=O) groups excluding carboxylic acids is 1. The van der Waals surface area contributed by atoms with Crippen LogP contribution in [0.4, 0.5) is 0 Å². The Morgan fingerprint density at radius 1 is 1.33 bits per heavy atom. The molecule has 1 amide bonds. The second kappa shape index (κ2) is 8.90. The van der Waals surface area contributed by atoms with Gasteiger partial charge in [0.05, 0.1) is 0 Å². The molecule has 1 aromatic carbocycles. The highest BCUT2D eigenvalue weighted by Crippen LogP contribution is 2.18. The molecule has 1 saturated heterocycles. The second-order valence-corrected chi connectivity index (χ2v) is 5.40. The quantitative estimate of drug-likeness (QED) is 0.907. The van der Waals surface area contributed by atoms with Crippen LogP contribution in [0.3, 0.4) is 0 Å². The summed E-state index contributed by atoms with van der Waals surface area (Å²) in [5.41, 5.74) is 0. The van der Waals surface area contributed by atoms with Gasteiger partial charge in [0, 0.05) is 13.1 Å². The topological polar surface area (TPSA) is 41.6 Å². The van der Waals surface area contributed by atoms with Crippen LogP contribution in [-0.4, -0.2) is 43.6 Å². The molecule has 0 bridgehead atoms. The summed E-state index contributed by atoms with van der Waals surface area (Å²) in [6.07, 6.45) is 1.73. The minimum absolute atomic E-state index is 0. The number of hydrogen-bond donors (Lipinski definition) is 1. The van der Waals surface area contributed by atoms with Crippen molar-refractivity contribution < 1.29 is 9.53 Å². The van der Waals surface area contributed by atoms with Crippen LogP contribution < -0.4 is 10.1 Å². The first-order valence-corrected chi connectivity index (χ1v) is 7.36. The summed E-state index contributed by atoms with van der Waals surface area (Å²) < 4.78 is 5.70. The number of halogens is 1. The van der Waals surface area contributed by atoms with Gasteiger partial charge in [0.2, 0.25) is 0 Å². The fraction of sp³-hybridized carbons (Fsp3) is 0.562. The van der Waals surface area contributed by atoms with Gasteiger partial charge in [-0.25, -0.2) is 0 Å². The predicted octanol–water partition coefficient (Wildman–Crippen LogP) is 2.33. The molecule has 1 fully saturated rings. The minimum Gasteiger partial charge on any atom is -0.481 e. The molecular weight excluding hydrogens is 288 g/mol. The average molecular weight is 313 g/mol. The van der Waals surface area contributed by atoms with Crippen molar-refractivity contribution in [1.82, 2.24) is 10.2 Å². The molecule has 5 heteroatoms. The zero-order valence-corrected chi connectivity index (χ0v) is 13.6. The van der Waals surface area contributed by atoms with E-state index in [9.17, 15) is 4.79 Å². The molecule has 1 aliphatic rings. The van der Waals surface area contributed by atoms with Crippen molar-refractivity contribution in [3.05, 3.63) is 30.3 Å². The molecule has 118 valence electrons. The first-order chi connectivity index (χ1) is 9.70. The summed E-state index contributed by atoms with van der Waals surface area (Å²) in [5.74, 6) is 1.53. The lowest BCUT2D eigenvalue weighted by Gasteiger charge is -2.33. The third kappa shape index (κ3) is 5.21. The molecule has 2 rings (SSSR count). The molecule has 0 saturated carbocycles. The monoisotopic (exact) mass is 312 g/mol. The number of benzene rings is 1. The van der Waals surface area contributed by atoms with Crippen molar-refractivity contribution in [2.75, 3.05) is 26.7 Å². The normalized spacial score (nSPS) is 17.0. The Morgan fingerprint density at radius 3 is 2.52 bits per heavy atom. The van der Waals surface area contributed by atoms with Crippen LogP contribution in [0.1, 0.15) is 19.8 Å². The van der Waals surface area contributed by atoms with E-state index in [2.05, 4.69) is 5.32 Å². The van der Waals surface area contributed by atoms with Crippen molar-refractivity contribution in [2.45, 2.75) is 25.9 Å².